The zero-order valence-corrected chi connectivity index (χ0v) is 11.7. The van der Waals surface area contributed by atoms with Gasteiger partial charge in [-0.2, -0.15) is 0 Å². The zero-order valence-electron chi connectivity index (χ0n) is 10.2. The summed E-state index contributed by atoms with van der Waals surface area (Å²) in [6.45, 7) is 0.595. The molecule has 0 aromatic heterocycles. The maximum Gasteiger partial charge on any atom is 0.195 e. The molecule has 2 nitrogen and oxygen atoms in total. The van der Waals surface area contributed by atoms with E-state index in [1.807, 2.05) is 18.2 Å². The van der Waals surface area contributed by atoms with E-state index in [1.54, 1.807) is 30.3 Å². The molecule has 0 bridgehead atoms. The van der Waals surface area contributed by atoms with Crippen LogP contribution < -0.4 is 5.32 Å². The predicted molar refractivity (Wildman–Crippen MR) is 80.5 cm³/mol. The fraction of sp³-hybridized carbons (Fsp3) is 0.133. The molecule has 4 heteroatoms. The highest BCUT2D eigenvalue weighted by Gasteiger charge is 2.13. The van der Waals surface area contributed by atoms with Gasteiger partial charge in [-0.05, 0) is 18.2 Å². The molecule has 0 saturated carbocycles. The molecular weight excluding hydrogens is 281 g/mol. The lowest BCUT2D eigenvalue weighted by Gasteiger charge is -2.11. The number of anilines is 1. The molecule has 0 spiro atoms. The third-order valence-electron chi connectivity index (χ3n) is 2.67. The van der Waals surface area contributed by atoms with E-state index in [9.17, 15) is 4.79 Å². The van der Waals surface area contributed by atoms with E-state index in [0.29, 0.717) is 28.6 Å². The average Bonchev–Trinajstić information content (AvgIpc) is 2.46. The first-order chi connectivity index (χ1) is 9.22. The summed E-state index contributed by atoms with van der Waals surface area (Å²) in [5.74, 6) is 0.418. The first-order valence-corrected chi connectivity index (χ1v) is 6.83. The minimum Gasteiger partial charge on any atom is -0.383 e. The van der Waals surface area contributed by atoms with Gasteiger partial charge in [0.05, 0.1) is 0 Å². The zero-order chi connectivity index (χ0) is 13.7. The third-order valence-corrected chi connectivity index (χ3v) is 3.10. The van der Waals surface area contributed by atoms with Crippen LogP contribution in [0, 0.1) is 0 Å². The molecule has 2 aromatic rings. The molecule has 0 aliphatic rings. The van der Waals surface area contributed by atoms with Crippen molar-refractivity contribution in [3.05, 3.63) is 64.7 Å². The summed E-state index contributed by atoms with van der Waals surface area (Å²) in [5.41, 5.74) is 1.95. The molecule has 0 fully saturated rings. The number of hydrogen-bond donors (Lipinski definition) is 1. The van der Waals surface area contributed by atoms with Crippen LogP contribution in [0.5, 0.6) is 0 Å². The first kappa shape index (κ1) is 13.9. The average molecular weight is 294 g/mol. The molecule has 98 valence electrons. The number of halogens is 2. The molecule has 0 radical (unpaired) electrons. The molecule has 19 heavy (non-hydrogen) atoms. The summed E-state index contributed by atoms with van der Waals surface area (Å²) in [6, 6.07) is 14.3. The molecule has 2 aromatic carbocycles. The van der Waals surface area contributed by atoms with Crippen LogP contribution in [0.25, 0.3) is 0 Å². The standard InChI is InChI=1S/C15H13Cl2NO/c16-8-9-18-14-7-6-12(17)10-13(14)15(19)11-4-2-1-3-5-11/h1-7,10,18H,8-9H2. The maximum absolute atomic E-state index is 12.5. The van der Waals surface area contributed by atoms with E-state index in [4.69, 9.17) is 23.2 Å². The molecular formula is C15H13Cl2NO. The van der Waals surface area contributed by atoms with Crippen molar-refractivity contribution in [2.45, 2.75) is 0 Å². The van der Waals surface area contributed by atoms with Gasteiger partial charge in [0.1, 0.15) is 0 Å². The van der Waals surface area contributed by atoms with Gasteiger partial charge in [0.25, 0.3) is 0 Å². The number of nitrogens with one attached hydrogen (secondary N) is 1. The number of rotatable bonds is 5. The van der Waals surface area contributed by atoms with Gasteiger partial charge in [-0.25, -0.2) is 0 Å². The molecule has 0 unspecified atom stereocenters. The second-order valence-corrected chi connectivity index (χ2v) is 4.82. The lowest BCUT2D eigenvalue weighted by atomic mass is 10.0. The van der Waals surface area contributed by atoms with Crippen LogP contribution >= 0.6 is 23.2 Å². The van der Waals surface area contributed by atoms with Gasteiger partial charge in [0, 0.05) is 34.3 Å². The number of alkyl halides is 1. The van der Waals surface area contributed by atoms with Crippen molar-refractivity contribution in [2.75, 3.05) is 17.7 Å². The van der Waals surface area contributed by atoms with E-state index in [1.165, 1.54) is 0 Å². The Hall–Kier alpha value is -1.51. The van der Waals surface area contributed by atoms with Crippen molar-refractivity contribution in [1.29, 1.82) is 0 Å². The summed E-state index contributed by atoms with van der Waals surface area (Å²) >= 11 is 11.6. The van der Waals surface area contributed by atoms with Gasteiger partial charge in [-0.1, -0.05) is 41.9 Å². The highest BCUT2D eigenvalue weighted by molar-refractivity contribution is 6.31. The van der Waals surface area contributed by atoms with Crippen molar-refractivity contribution in [1.82, 2.24) is 0 Å². The van der Waals surface area contributed by atoms with Gasteiger partial charge in [-0.15, -0.1) is 11.6 Å². The number of carbonyl (C=O) groups excluding carboxylic acids is 1. The second kappa shape index (κ2) is 6.60. The Kier molecular flexibility index (Phi) is 4.83. The van der Waals surface area contributed by atoms with E-state index < -0.39 is 0 Å². The summed E-state index contributed by atoms with van der Waals surface area (Å²) in [4.78, 5) is 12.5. The minimum absolute atomic E-state index is 0.0554. The van der Waals surface area contributed by atoms with Crippen LogP contribution in [-0.2, 0) is 0 Å². The highest BCUT2D eigenvalue weighted by atomic mass is 35.5. The minimum atomic E-state index is -0.0554. The largest absolute Gasteiger partial charge is 0.383 e. The third kappa shape index (κ3) is 3.49. The number of hydrogen-bond acceptors (Lipinski definition) is 2. The summed E-state index contributed by atoms with van der Waals surface area (Å²) in [5, 5.41) is 3.67. The molecule has 0 saturated heterocycles. The normalized spacial score (nSPS) is 10.2. The molecule has 0 heterocycles. The quantitative estimate of drug-likeness (QED) is 0.660. The number of benzene rings is 2. The van der Waals surface area contributed by atoms with E-state index >= 15 is 0 Å². The monoisotopic (exact) mass is 293 g/mol. The van der Waals surface area contributed by atoms with Crippen LogP contribution in [0.4, 0.5) is 5.69 Å². The van der Waals surface area contributed by atoms with Crippen LogP contribution in [0.3, 0.4) is 0 Å². The van der Waals surface area contributed by atoms with Crippen LogP contribution in [0.15, 0.2) is 48.5 Å². The van der Waals surface area contributed by atoms with Gasteiger partial charge in [0.15, 0.2) is 5.78 Å². The van der Waals surface area contributed by atoms with Crippen molar-refractivity contribution >= 4 is 34.7 Å². The lowest BCUT2D eigenvalue weighted by Crippen LogP contribution is -2.09. The Morgan fingerprint density at radius 1 is 1.11 bits per heavy atom. The lowest BCUT2D eigenvalue weighted by molar-refractivity contribution is 0.103. The fourth-order valence-corrected chi connectivity index (χ4v) is 2.05. The summed E-state index contributed by atoms with van der Waals surface area (Å²) in [6.07, 6.45) is 0. The molecule has 2 rings (SSSR count). The van der Waals surface area contributed by atoms with Crippen LogP contribution in [0.2, 0.25) is 5.02 Å². The van der Waals surface area contributed by atoms with Gasteiger partial charge >= 0.3 is 0 Å². The molecule has 0 aliphatic carbocycles. The van der Waals surface area contributed by atoms with Crippen molar-refractivity contribution in [3.63, 3.8) is 0 Å². The van der Waals surface area contributed by atoms with Crippen LogP contribution in [-0.4, -0.2) is 18.2 Å². The van der Waals surface area contributed by atoms with Crippen molar-refractivity contribution in [2.24, 2.45) is 0 Å². The Labute approximate surface area is 122 Å². The molecule has 0 amide bonds. The van der Waals surface area contributed by atoms with Crippen molar-refractivity contribution < 1.29 is 4.79 Å². The SMILES string of the molecule is O=C(c1ccccc1)c1cc(Cl)ccc1NCCCl. The Bertz CT molecular complexity index is 570. The molecule has 0 aliphatic heterocycles. The van der Waals surface area contributed by atoms with E-state index in [0.717, 1.165) is 5.69 Å². The van der Waals surface area contributed by atoms with Crippen LogP contribution in [0.1, 0.15) is 15.9 Å². The first-order valence-electron chi connectivity index (χ1n) is 5.91. The van der Waals surface area contributed by atoms with Gasteiger partial charge in [0.2, 0.25) is 0 Å². The number of carbonyl (C=O) groups is 1. The topological polar surface area (TPSA) is 29.1 Å². The van der Waals surface area contributed by atoms with E-state index in [-0.39, 0.29) is 5.78 Å². The smallest absolute Gasteiger partial charge is 0.195 e. The summed E-state index contributed by atoms with van der Waals surface area (Å²) < 4.78 is 0. The highest BCUT2D eigenvalue weighted by Crippen LogP contribution is 2.23. The Morgan fingerprint density at radius 3 is 2.53 bits per heavy atom. The summed E-state index contributed by atoms with van der Waals surface area (Å²) in [7, 11) is 0. The Morgan fingerprint density at radius 2 is 1.84 bits per heavy atom. The van der Waals surface area contributed by atoms with E-state index in [2.05, 4.69) is 5.32 Å². The predicted octanol–water partition coefficient (Wildman–Crippen LogP) is 4.22. The maximum atomic E-state index is 12.5. The molecule has 0 atom stereocenters. The second-order valence-electron chi connectivity index (χ2n) is 4.00. The number of ketones is 1. The van der Waals surface area contributed by atoms with Gasteiger partial charge < -0.3 is 5.32 Å². The fourth-order valence-electron chi connectivity index (χ4n) is 1.79. The Balaban J connectivity index is 2.37. The van der Waals surface area contributed by atoms with Crippen molar-refractivity contribution in [3.8, 4) is 0 Å². The molecule has 1 N–H and O–H groups in total. The van der Waals surface area contributed by atoms with Gasteiger partial charge in [-0.3, -0.25) is 4.79 Å².